The average Bonchev–Trinajstić information content (AvgIpc) is 3.20. The molecule has 0 fully saturated rings. The van der Waals surface area contributed by atoms with Gasteiger partial charge >= 0.3 is 0 Å². The fraction of sp³-hybridized carbons (Fsp3) is 0.286. The summed E-state index contributed by atoms with van der Waals surface area (Å²) in [4.78, 5) is 0.710. The summed E-state index contributed by atoms with van der Waals surface area (Å²) in [5.41, 5.74) is 1.90. The molecule has 0 spiro atoms. The third kappa shape index (κ3) is 2.03. The molecule has 7 nitrogen and oxygen atoms in total. The van der Waals surface area contributed by atoms with E-state index in [4.69, 9.17) is 4.42 Å². The van der Waals surface area contributed by atoms with Crippen molar-refractivity contribution in [3.63, 3.8) is 0 Å². The first kappa shape index (κ1) is 13.2. The second kappa shape index (κ2) is 4.51. The lowest BCUT2D eigenvalue weighted by Crippen LogP contribution is -2.11. The number of nitrogens with one attached hydrogen (secondary N) is 1. The van der Waals surface area contributed by atoms with Crippen LogP contribution < -0.4 is 0 Å². The van der Waals surface area contributed by atoms with Crippen LogP contribution in [0.1, 0.15) is 26.5 Å². The number of hydrogen-bond acceptors (Lipinski definition) is 6. The van der Waals surface area contributed by atoms with Gasteiger partial charge in [-0.2, -0.15) is 14.7 Å². The fourth-order valence-corrected chi connectivity index (χ4v) is 2.90. The molecule has 0 radical (unpaired) electrons. The van der Waals surface area contributed by atoms with E-state index in [2.05, 4.69) is 46.3 Å². The van der Waals surface area contributed by atoms with E-state index in [-0.39, 0.29) is 5.41 Å². The van der Waals surface area contributed by atoms with E-state index < -0.39 is 0 Å². The standard InChI is InChI=1S/C14H14N6OS/c1-14(2,3)10-7-8(15-16-10)12-19-20-11(9-5-4-6-21-9)17-18-13(20)22-12/h4-7H,1-3H3,(H,15,16). The summed E-state index contributed by atoms with van der Waals surface area (Å²) in [7, 11) is 0. The van der Waals surface area contributed by atoms with Crippen LogP contribution in [0.5, 0.6) is 0 Å². The number of aromatic nitrogens is 6. The molecule has 112 valence electrons. The maximum Gasteiger partial charge on any atom is 0.235 e. The van der Waals surface area contributed by atoms with E-state index in [0.29, 0.717) is 16.5 Å². The number of nitrogens with zero attached hydrogens (tertiary/aromatic N) is 5. The minimum atomic E-state index is 0.0174. The van der Waals surface area contributed by atoms with Crippen LogP contribution in [0.15, 0.2) is 28.9 Å². The van der Waals surface area contributed by atoms with Crippen LogP contribution in [0.25, 0.3) is 27.2 Å². The van der Waals surface area contributed by atoms with Gasteiger partial charge in [-0.15, -0.1) is 10.2 Å². The summed E-state index contributed by atoms with van der Waals surface area (Å²) in [6.07, 6.45) is 1.60. The molecule has 4 aromatic heterocycles. The largest absolute Gasteiger partial charge is 0.461 e. The number of H-pyrrole nitrogens is 1. The molecule has 0 aliphatic heterocycles. The van der Waals surface area contributed by atoms with Crippen LogP contribution in [0, 0.1) is 0 Å². The number of fused-ring (bicyclic) bond motifs is 1. The van der Waals surface area contributed by atoms with Crippen molar-refractivity contribution >= 4 is 16.3 Å². The maximum atomic E-state index is 5.37. The molecule has 8 heteroatoms. The molecular formula is C14H14N6OS. The monoisotopic (exact) mass is 314 g/mol. The molecule has 4 heterocycles. The van der Waals surface area contributed by atoms with Gasteiger partial charge in [0.1, 0.15) is 5.69 Å². The highest BCUT2D eigenvalue weighted by Crippen LogP contribution is 2.29. The molecule has 0 bridgehead atoms. The van der Waals surface area contributed by atoms with E-state index in [0.717, 1.165) is 16.4 Å². The van der Waals surface area contributed by atoms with Gasteiger partial charge in [0.15, 0.2) is 10.8 Å². The Balaban J connectivity index is 1.79. The van der Waals surface area contributed by atoms with E-state index in [1.165, 1.54) is 11.3 Å². The molecular weight excluding hydrogens is 300 g/mol. The Morgan fingerprint density at radius 3 is 2.82 bits per heavy atom. The zero-order chi connectivity index (χ0) is 15.3. The second-order valence-corrected chi connectivity index (χ2v) is 6.98. The average molecular weight is 314 g/mol. The highest BCUT2D eigenvalue weighted by Gasteiger charge is 2.20. The topological polar surface area (TPSA) is 84.9 Å². The van der Waals surface area contributed by atoms with E-state index in [1.807, 2.05) is 18.2 Å². The Labute approximate surface area is 130 Å². The first-order valence-corrected chi connectivity index (χ1v) is 7.66. The van der Waals surface area contributed by atoms with Crippen LogP contribution in [-0.2, 0) is 5.41 Å². The van der Waals surface area contributed by atoms with Gasteiger partial charge in [0, 0.05) is 11.1 Å². The molecule has 0 saturated carbocycles. The van der Waals surface area contributed by atoms with E-state index in [1.54, 1.807) is 10.8 Å². The number of aromatic amines is 1. The molecule has 1 N–H and O–H groups in total. The minimum absolute atomic E-state index is 0.0174. The van der Waals surface area contributed by atoms with Gasteiger partial charge in [-0.05, 0) is 18.2 Å². The molecule has 0 aromatic carbocycles. The second-order valence-electron chi connectivity index (χ2n) is 6.02. The molecule has 0 aliphatic rings. The van der Waals surface area contributed by atoms with Gasteiger partial charge in [0.2, 0.25) is 10.8 Å². The van der Waals surface area contributed by atoms with Gasteiger partial charge in [-0.1, -0.05) is 32.1 Å². The summed E-state index contributed by atoms with van der Waals surface area (Å²) in [6.45, 7) is 6.41. The summed E-state index contributed by atoms with van der Waals surface area (Å²) in [5, 5.41) is 21.1. The van der Waals surface area contributed by atoms with Crippen LogP contribution in [0.2, 0.25) is 0 Å². The highest BCUT2D eigenvalue weighted by molar-refractivity contribution is 7.19. The van der Waals surface area contributed by atoms with Gasteiger partial charge in [0.05, 0.1) is 6.26 Å². The first-order valence-electron chi connectivity index (χ1n) is 6.85. The lowest BCUT2D eigenvalue weighted by Gasteiger charge is -2.14. The van der Waals surface area contributed by atoms with Crippen molar-refractivity contribution < 1.29 is 4.42 Å². The molecule has 0 unspecified atom stereocenters. The van der Waals surface area contributed by atoms with E-state index in [9.17, 15) is 0 Å². The first-order chi connectivity index (χ1) is 10.5. The van der Waals surface area contributed by atoms with Crippen LogP contribution >= 0.6 is 11.3 Å². The Bertz CT molecular complexity index is 924. The number of hydrogen-bond donors (Lipinski definition) is 1. The normalized spacial score (nSPS) is 12.3. The molecule has 4 aromatic rings. The molecule has 0 aliphatic carbocycles. The number of rotatable bonds is 2. The van der Waals surface area contributed by atoms with Crippen LogP contribution in [-0.4, -0.2) is 30.0 Å². The summed E-state index contributed by atoms with van der Waals surface area (Å²) >= 11 is 1.45. The Kier molecular flexibility index (Phi) is 2.70. The van der Waals surface area contributed by atoms with Crippen molar-refractivity contribution in [1.82, 2.24) is 30.0 Å². The predicted molar refractivity (Wildman–Crippen MR) is 82.6 cm³/mol. The Morgan fingerprint density at radius 2 is 2.14 bits per heavy atom. The van der Waals surface area contributed by atoms with Crippen molar-refractivity contribution in [2.75, 3.05) is 0 Å². The molecule has 0 atom stereocenters. The van der Waals surface area contributed by atoms with Gasteiger partial charge in [0.25, 0.3) is 0 Å². The lowest BCUT2D eigenvalue weighted by molar-refractivity contribution is 0.567. The predicted octanol–water partition coefficient (Wildman–Crippen LogP) is 3.13. The zero-order valence-corrected chi connectivity index (χ0v) is 13.2. The fourth-order valence-electron chi connectivity index (χ4n) is 2.10. The Morgan fingerprint density at radius 1 is 1.27 bits per heavy atom. The van der Waals surface area contributed by atoms with Crippen molar-refractivity contribution in [1.29, 1.82) is 0 Å². The number of furan rings is 1. The minimum Gasteiger partial charge on any atom is -0.461 e. The third-order valence-corrected chi connectivity index (χ3v) is 4.26. The SMILES string of the molecule is CC(C)(C)c1cc(-c2nn3c(-c4ccco4)nnc3s2)n[nH]1. The smallest absolute Gasteiger partial charge is 0.235 e. The van der Waals surface area contributed by atoms with E-state index >= 15 is 0 Å². The molecule has 0 amide bonds. The van der Waals surface area contributed by atoms with Crippen LogP contribution in [0.3, 0.4) is 0 Å². The summed E-state index contributed by atoms with van der Waals surface area (Å²) < 4.78 is 7.05. The van der Waals surface area contributed by atoms with Crippen molar-refractivity contribution in [2.24, 2.45) is 0 Å². The summed E-state index contributed by atoms with van der Waals surface area (Å²) in [6, 6.07) is 5.67. The molecule has 4 rings (SSSR count). The molecule has 0 saturated heterocycles. The van der Waals surface area contributed by atoms with Crippen molar-refractivity contribution in [2.45, 2.75) is 26.2 Å². The van der Waals surface area contributed by atoms with Gasteiger partial charge in [-0.3, -0.25) is 5.10 Å². The van der Waals surface area contributed by atoms with Crippen molar-refractivity contribution in [3.05, 3.63) is 30.2 Å². The zero-order valence-electron chi connectivity index (χ0n) is 12.4. The lowest BCUT2D eigenvalue weighted by atomic mass is 9.92. The Hall–Kier alpha value is -2.48. The summed E-state index contributed by atoms with van der Waals surface area (Å²) in [5.74, 6) is 1.23. The van der Waals surface area contributed by atoms with Gasteiger partial charge in [-0.25, -0.2) is 0 Å². The molecule has 22 heavy (non-hydrogen) atoms. The third-order valence-electron chi connectivity index (χ3n) is 3.34. The van der Waals surface area contributed by atoms with Crippen molar-refractivity contribution in [3.8, 4) is 22.3 Å². The van der Waals surface area contributed by atoms with Crippen LogP contribution in [0.4, 0.5) is 0 Å². The highest BCUT2D eigenvalue weighted by atomic mass is 32.1. The van der Waals surface area contributed by atoms with Gasteiger partial charge < -0.3 is 4.42 Å². The maximum absolute atomic E-state index is 5.37. The quantitative estimate of drug-likeness (QED) is 0.614.